The molecular weight excluding hydrogens is 314 g/mol. The molecule has 7 heteroatoms. The minimum absolute atomic E-state index is 0. The van der Waals surface area contributed by atoms with Crippen molar-refractivity contribution in [2.24, 2.45) is 0 Å². The second-order valence-corrected chi connectivity index (χ2v) is 40.3. The van der Waals surface area contributed by atoms with Crippen LogP contribution in [0.15, 0.2) is 0 Å². The van der Waals surface area contributed by atoms with E-state index in [2.05, 4.69) is 0 Å². The maximum absolute atomic E-state index is 5.22. The summed E-state index contributed by atoms with van der Waals surface area (Å²) in [6.07, 6.45) is 0. The van der Waals surface area contributed by atoms with Crippen molar-refractivity contribution in [1.82, 2.24) is 0 Å². The van der Waals surface area contributed by atoms with Gasteiger partial charge in [-0.2, -0.15) is 0 Å². The van der Waals surface area contributed by atoms with E-state index in [9.17, 15) is 0 Å². The van der Waals surface area contributed by atoms with Gasteiger partial charge in [-0.05, 0) is 0 Å². The summed E-state index contributed by atoms with van der Waals surface area (Å²) in [4.78, 5) is 0. The molecule has 0 unspecified atom stereocenters. The topological polar surface area (TPSA) is 0 Å². The molecule has 0 aromatic carbocycles. The van der Waals surface area contributed by atoms with E-state index in [1.165, 1.54) is 0 Å². The first-order chi connectivity index (χ1) is 2.45. The molecule has 0 bridgehead atoms. The zero-order valence-electron chi connectivity index (χ0n) is 5.62. The van der Waals surface area contributed by atoms with Crippen LogP contribution in [0.5, 0.6) is 0 Å². The van der Waals surface area contributed by atoms with Gasteiger partial charge < -0.3 is 0 Å². The fraction of sp³-hybridized carbons (Fsp3) is 0. The molecule has 0 aromatic heterocycles. The first-order valence-electron chi connectivity index (χ1n) is 0.802. The number of hydrogen-bond acceptors (Lipinski definition) is 0. The summed E-state index contributed by atoms with van der Waals surface area (Å²) in [5, 5.41) is 0. The van der Waals surface area contributed by atoms with Gasteiger partial charge in [-0.3, -0.25) is 0 Å². The van der Waals surface area contributed by atoms with E-state index >= 15 is 0 Å². The second-order valence-electron chi connectivity index (χ2n) is 0.758. The van der Waals surface area contributed by atoms with E-state index in [-0.39, 0.29) is 4.28 Å². The van der Waals surface area contributed by atoms with Crippen LogP contribution in [-0.2, 0) is 6.48 Å². The number of hydrogen-bond donors (Lipinski definition) is 0. The minimum atomic E-state index is -5.22. The average molecular weight is 317 g/mol. The van der Waals surface area contributed by atoms with E-state index in [1.807, 2.05) is 0 Å². The zero-order valence-corrected chi connectivity index (χ0v) is 8.90. The van der Waals surface area contributed by atoms with Gasteiger partial charge >= 0.3 is 68.9 Å². The predicted molar refractivity (Wildman–Crippen MR) is 38.5 cm³/mol. The molecular formula is H3Cl6Ru. The van der Waals surface area contributed by atoms with Crippen molar-refractivity contribution in [3.8, 4) is 0 Å². The Morgan fingerprint density at radius 1 is 0.714 bits per heavy atom. The fourth-order valence-electron chi connectivity index (χ4n) is 0. The van der Waals surface area contributed by atoms with Gasteiger partial charge in [0.05, 0.1) is 0 Å². The van der Waals surface area contributed by atoms with Gasteiger partial charge in [0.1, 0.15) is 0 Å². The summed E-state index contributed by atoms with van der Waals surface area (Å²) in [6, 6.07) is 0. The summed E-state index contributed by atoms with van der Waals surface area (Å²) >= 11 is 0. The third kappa shape index (κ3) is 60.6. The van der Waals surface area contributed by atoms with E-state index < -0.39 is 6.48 Å². The molecule has 0 N–H and O–H groups in total. The molecule has 0 fully saturated rings. The van der Waals surface area contributed by atoms with Crippen LogP contribution in [0.2, 0.25) is 0 Å². The Morgan fingerprint density at radius 2 is 0.714 bits per heavy atom. The molecule has 0 atom stereocenters. The summed E-state index contributed by atoms with van der Waals surface area (Å²) in [6.45, 7) is -5.22. The van der Waals surface area contributed by atoms with Crippen molar-refractivity contribution in [1.29, 1.82) is 0 Å². The van der Waals surface area contributed by atoms with Crippen LogP contribution >= 0.6 is 58.1 Å². The maximum atomic E-state index is 5.04. The van der Waals surface area contributed by atoms with Gasteiger partial charge in [0.15, 0.2) is 0 Å². The largest absolute Gasteiger partial charge is 1.00 e. The van der Waals surface area contributed by atoms with Crippen LogP contribution in [0.3, 0.4) is 0 Å². The Labute approximate surface area is 68.3 Å². The van der Waals surface area contributed by atoms with E-state index in [1.54, 1.807) is 0 Å². The zero-order chi connectivity index (χ0) is 6.41. The predicted octanol–water partition coefficient (Wildman–Crippen LogP) is 4.47. The van der Waals surface area contributed by atoms with Gasteiger partial charge in [0.25, 0.3) is 0 Å². The molecule has 0 rings (SSSR count). The first kappa shape index (κ1) is 9.36. The van der Waals surface area contributed by atoms with Crippen molar-refractivity contribution in [2.45, 2.75) is 0 Å². The van der Waals surface area contributed by atoms with E-state index in [4.69, 9.17) is 58.1 Å². The van der Waals surface area contributed by atoms with E-state index in [0.717, 1.165) is 0 Å². The SMILES string of the molecule is [Cl][Ru-3]([Cl])([Cl])([Cl])([Cl])[Cl].[H+].[H+].[H+]. The molecule has 0 amide bonds. The summed E-state index contributed by atoms with van der Waals surface area (Å²) in [7, 11) is 30.3. The van der Waals surface area contributed by atoms with Gasteiger partial charge in [-0.15, -0.1) is 0 Å². The normalized spacial score (nSPS) is 23.1. The molecule has 0 aliphatic heterocycles. The molecule has 0 spiro atoms. The van der Waals surface area contributed by atoms with Crippen LogP contribution in [0.4, 0.5) is 0 Å². The molecule has 0 aromatic rings. The molecule has 0 radical (unpaired) electrons. The minimum Gasteiger partial charge on any atom is 1.00 e. The van der Waals surface area contributed by atoms with Crippen LogP contribution in [-0.4, -0.2) is 0 Å². The van der Waals surface area contributed by atoms with Gasteiger partial charge in [0.2, 0.25) is 0 Å². The Hall–Kier alpha value is 2.36. The number of halogens is 6. The quantitative estimate of drug-likeness (QED) is 0.578. The Kier molecular flexibility index (Phi) is 2.01. The standard InChI is InChI=1S/6ClH.Ru/h6*1H;/q;;;;;;+3/p-3. The molecule has 7 heavy (non-hydrogen) atoms. The fourth-order valence-corrected chi connectivity index (χ4v) is 0. The van der Waals surface area contributed by atoms with Crippen LogP contribution in [0, 0.1) is 0 Å². The van der Waals surface area contributed by atoms with Crippen molar-refractivity contribution < 1.29 is 10.8 Å². The molecule has 0 nitrogen and oxygen atoms in total. The molecule has 53 valence electrons. The average Bonchev–Trinajstić information content (AvgIpc) is 0.592. The smallest absolute Gasteiger partial charge is 1.00 e. The third-order valence-corrected chi connectivity index (χ3v) is 0. The molecule has 0 aliphatic carbocycles. The van der Waals surface area contributed by atoms with Crippen molar-refractivity contribution in [2.75, 3.05) is 0 Å². The third-order valence-electron chi connectivity index (χ3n) is 0. The first-order valence-corrected chi connectivity index (χ1v) is 14.2. The second kappa shape index (κ2) is 1.50. The van der Waals surface area contributed by atoms with Crippen molar-refractivity contribution in [3.05, 3.63) is 0 Å². The monoisotopic (exact) mass is 315 g/mol. The molecule has 0 saturated heterocycles. The van der Waals surface area contributed by atoms with Gasteiger partial charge in [-0.25, -0.2) is 0 Å². The molecule has 0 saturated carbocycles. The van der Waals surface area contributed by atoms with Crippen LogP contribution < -0.4 is 0 Å². The van der Waals surface area contributed by atoms with E-state index in [0.29, 0.717) is 0 Å². The Morgan fingerprint density at radius 3 is 0.714 bits per heavy atom. The maximum Gasteiger partial charge on any atom is 1.00 e. The summed E-state index contributed by atoms with van der Waals surface area (Å²) in [5.74, 6) is 0. The Bertz CT molecular complexity index is 71.6. The molecule has 0 heterocycles. The van der Waals surface area contributed by atoms with Gasteiger partial charge in [0, 0.05) is 0 Å². The summed E-state index contributed by atoms with van der Waals surface area (Å²) < 4.78 is 0. The summed E-state index contributed by atoms with van der Waals surface area (Å²) in [5.41, 5.74) is 0. The van der Waals surface area contributed by atoms with Gasteiger partial charge in [-0.1, -0.05) is 0 Å². The van der Waals surface area contributed by atoms with Crippen LogP contribution in [0.1, 0.15) is 4.28 Å². The number of rotatable bonds is 0. The Balaban J connectivity index is -0.0000000600. The van der Waals surface area contributed by atoms with Crippen molar-refractivity contribution >= 4 is 58.1 Å². The molecule has 0 aliphatic rings. The van der Waals surface area contributed by atoms with Crippen LogP contribution in [0.25, 0.3) is 0 Å². The van der Waals surface area contributed by atoms with Crippen molar-refractivity contribution in [3.63, 3.8) is 0 Å².